The van der Waals surface area contributed by atoms with Crippen molar-refractivity contribution >= 4 is 24.7 Å². The van der Waals surface area contributed by atoms with Gasteiger partial charge in [-0.05, 0) is 5.65 Å². The van der Waals surface area contributed by atoms with Crippen LogP contribution in [0.5, 0.6) is 0 Å². The second-order valence-corrected chi connectivity index (χ2v) is 3.01. The van der Waals surface area contributed by atoms with Crippen molar-refractivity contribution in [3.63, 3.8) is 0 Å². The van der Waals surface area contributed by atoms with Gasteiger partial charge in [0.2, 0.25) is 11.1 Å². The molecule has 1 heterocycles. The van der Waals surface area contributed by atoms with Gasteiger partial charge in [0.25, 0.3) is 0 Å². The fourth-order valence-corrected chi connectivity index (χ4v) is 1.10. The van der Waals surface area contributed by atoms with Gasteiger partial charge in [0, 0.05) is 0 Å². The third-order valence-electron chi connectivity index (χ3n) is 0.884. The van der Waals surface area contributed by atoms with Gasteiger partial charge in [-0.1, -0.05) is 0 Å². The number of anilines is 1. The molecule has 0 fully saturated rings. The average Bonchev–Trinajstić information content (AvgIpc) is 2.30. The Balaban J connectivity index is 0.00000144. The minimum atomic E-state index is -4.79. The summed E-state index contributed by atoms with van der Waals surface area (Å²) in [5.41, 5.74) is 4.15. The molecule has 1 aromatic heterocycles. The van der Waals surface area contributed by atoms with E-state index in [0.29, 0.717) is 11.8 Å². The van der Waals surface area contributed by atoms with Crippen LogP contribution < -0.4 is 57.1 Å². The van der Waals surface area contributed by atoms with Crippen molar-refractivity contribution in [3.8, 4) is 0 Å². The van der Waals surface area contributed by atoms with Crippen molar-refractivity contribution in [2.24, 2.45) is 0 Å². The number of nitrogen functional groups attached to an aromatic ring is 1. The van der Waals surface area contributed by atoms with E-state index in [-0.39, 0.29) is 62.5 Å². The number of rotatable bonds is 3. The van der Waals surface area contributed by atoms with Gasteiger partial charge in [-0.2, -0.15) is 4.98 Å². The quantitative estimate of drug-likeness (QED) is 0.464. The predicted octanol–water partition coefficient (Wildman–Crippen LogP) is -2.13. The summed E-state index contributed by atoms with van der Waals surface area (Å²) in [5, 5.41) is 5.69. The van der Waals surface area contributed by atoms with Gasteiger partial charge in [0.05, 0.1) is 0 Å². The Labute approximate surface area is 119 Å². The second kappa shape index (κ2) is 5.61. The smallest absolute Gasteiger partial charge is 0.448 e. The Hall–Kier alpha value is 0.781. The summed E-state index contributed by atoms with van der Waals surface area (Å²) in [6.07, 6.45) is 0. The molecule has 1 rings (SSSR count). The molecule has 0 radical (unpaired) electrons. The van der Waals surface area contributed by atoms with Gasteiger partial charge in [-0.3, -0.25) is 0 Å². The van der Waals surface area contributed by atoms with Crippen LogP contribution in [-0.2, 0) is 0 Å². The zero-order valence-corrected chi connectivity index (χ0v) is 10.7. The molecule has 0 spiro atoms. The summed E-state index contributed by atoms with van der Waals surface area (Å²) in [6, 6.07) is 0. The molecule has 3 N–H and O–H groups in total. The third kappa shape index (κ3) is 5.97. The first-order chi connectivity index (χ1) is 5.47. The first kappa shape index (κ1) is 13.8. The minimum Gasteiger partial charge on any atom is -0.448 e. The van der Waals surface area contributed by atoms with Gasteiger partial charge in [-0.15, -0.1) is 16.9 Å². The SMILES string of the molecule is Nc1nc(SC[B-](F)(F)F)n[nH]1.[K+]. The largest absolute Gasteiger partial charge is 1.00 e. The number of H-pyrrole nitrogens is 1. The average molecular weight is 236 g/mol. The summed E-state index contributed by atoms with van der Waals surface area (Å²) in [7, 11) is 0. The standard InChI is InChI=1S/C3H5BF3N4S.K/c5-4(6,7)1-12-3-9-2(8)10-11-3;/h1H2,(H3,8,9,10,11);/q-1;+1. The third-order valence-corrected chi connectivity index (χ3v) is 1.87. The van der Waals surface area contributed by atoms with Crippen LogP contribution in [0, 0.1) is 0 Å². The van der Waals surface area contributed by atoms with Crippen LogP contribution in [0.15, 0.2) is 5.16 Å². The van der Waals surface area contributed by atoms with Crippen LogP contribution in [0.25, 0.3) is 0 Å². The van der Waals surface area contributed by atoms with E-state index in [0.717, 1.165) is 0 Å². The summed E-state index contributed by atoms with van der Waals surface area (Å²) >= 11 is 0.517. The molecule has 0 saturated carbocycles. The molecule has 0 saturated heterocycles. The van der Waals surface area contributed by atoms with Crippen LogP contribution in [0.2, 0.25) is 0 Å². The van der Waals surface area contributed by atoms with Crippen LogP contribution in [0.1, 0.15) is 0 Å². The number of aromatic nitrogens is 3. The first-order valence-electron chi connectivity index (χ1n) is 2.99. The molecule has 0 bridgehead atoms. The van der Waals surface area contributed by atoms with Crippen molar-refractivity contribution < 1.29 is 64.3 Å². The van der Waals surface area contributed by atoms with E-state index >= 15 is 0 Å². The number of nitrogens with zero attached hydrogens (tertiary/aromatic N) is 2. The fourth-order valence-electron chi connectivity index (χ4n) is 0.492. The molecular formula is C3H5BF3KN4S. The Morgan fingerprint density at radius 3 is 2.46 bits per heavy atom. The van der Waals surface area contributed by atoms with Gasteiger partial charge in [0.1, 0.15) is 0 Å². The Bertz CT molecular complexity index is 265. The zero-order valence-electron chi connectivity index (χ0n) is 6.80. The number of thioether (sulfide) groups is 1. The van der Waals surface area contributed by atoms with Crippen molar-refractivity contribution in [2.45, 2.75) is 5.16 Å². The molecule has 0 atom stereocenters. The number of hydrogen-bond donors (Lipinski definition) is 2. The van der Waals surface area contributed by atoms with Gasteiger partial charge < -0.3 is 18.7 Å². The molecule has 0 aliphatic carbocycles. The van der Waals surface area contributed by atoms with Crippen LogP contribution in [-0.4, -0.2) is 27.8 Å². The molecule has 68 valence electrons. The number of nitrogens with one attached hydrogen (secondary N) is 1. The maximum Gasteiger partial charge on any atom is 1.00 e. The molecule has 0 aliphatic heterocycles. The normalized spacial score (nSPS) is 11.0. The second-order valence-electron chi connectivity index (χ2n) is 2.02. The van der Waals surface area contributed by atoms with Crippen LogP contribution in [0.3, 0.4) is 0 Å². The molecule has 13 heavy (non-hydrogen) atoms. The molecule has 0 unspecified atom stereocenters. The molecule has 4 nitrogen and oxygen atoms in total. The Morgan fingerprint density at radius 2 is 2.08 bits per heavy atom. The maximum atomic E-state index is 11.7. The molecule has 0 aromatic carbocycles. The summed E-state index contributed by atoms with van der Waals surface area (Å²) in [6.45, 7) is -4.79. The van der Waals surface area contributed by atoms with E-state index in [9.17, 15) is 12.9 Å². The maximum absolute atomic E-state index is 11.7. The summed E-state index contributed by atoms with van der Waals surface area (Å²) in [4.78, 5) is 3.50. The van der Waals surface area contributed by atoms with E-state index in [1.807, 2.05) is 0 Å². The van der Waals surface area contributed by atoms with Crippen molar-refractivity contribution in [1.82, 2.24) is 15.2 Å². The van der Waals surface area contributed by atoms with E-state index in [4.69, 9.17) is 5.73 Å². The van der Waals surface area contributed by atoms with Gasteiger partial charge in [0.15, 0.2) is 0 Å². The van der Waals surface area contributed by atoms with Crippen LogP contribution >= 0.6 is 11.8 Å². The van der Waals surface area contributed by atoms with Gasteiger partial charge >= 0.3 is 58.4 Å². The summed E-state index contributed by atoms with van der Waals surface area (Å²) < 4.78 is 35.1. The number of halogens is 3. The monoisotopic (exact) mass is 236 g/mol. The number of nitrogens with two attached hydrogens (primary N) is 1. The Kier molecular flexibility index (Phi) is 5.95. The summed E-state index contributed by atoms with van der Waals surface area (Å²) in [5.74, 6) is 0.0205. The number of aromatic amines is 1. The van der Waals surface area contributed by atoms with E-state index in [1.54, 1.807) is 0 Å². The minimum absolute atomic E-state index is 0. The van der Waals surface area contributed by atoms with Crippen molar-refractivity contribution in [3.05, 3.63) is 0 Å². The number of hydrogen-bond acceptors (Lipinski definition) is 4. The molecule has 10 heteroatoms. The molecule has 0 amide bonds. The van der Waals surface area contributed by atoms with Crippen molar-refractivity contribution in [2.75, 3.05) is 11.4 Å². The fraction of sp³-hybridized carbons (Fsp3) is 0.333. The molecule has 0 aliphatic rings. The first-order valence-corrected chi connectivity index (χ1v) is 3.97. The van der Waals surface area contributed by atoms with Crippen molar-refractivity contribution in [1.29, 1.82) is 0 Å². The predicted molar refractivity (Wildman–Crippen MR) is 40.6 cm³/mol. The zero-order chi connectivity index (χ0) is 9.19. The van der Waals surface area contributed by atoms with E-state index in [2.05, 4.69) is 15.2 Å². The molecule has 1 aromatic rings. The topological polar surface area (TPSA) is 67.6 Å². The van der Waals surface area contributed by atoms with E-state index in [1.165, 1.54) is 0 Å². The van der Waals surface area contributed by atoms with Gasteiger partial charge in [-0.25, -0.2) is 5.10 Å². The van der Waals surface area contributed by atoms with Crippen LogP contribution in [0.4, 0.5) is 18.9 Å². The van der Waals surface area contributed by atoms with E-state index < -0.39 is 12.6 Å². The molecular weight excluding hydrogens is 231 g/mol. The Morgan fingerprint density at radius 1 is 1.46 bits per heavy atom.